The van der Waals surface area contributed by atoms with E-state index < -0.39 is 0 Å². The molecule has 1 atom stereocenters. The minimum absolute atomic E-state index is 0.513. The molecule has 0 aliphatic rings. The number of hydrogen-bond acceptors (Lipinski definition) is 3. The summed E-state index contributed by atoms with van der Waals surface area (Å²) in [5.41, 5.74) is 2.21. The molecule has 1 heterocycles. The molecular formula is C12H21N3. The van der Waals surface area contributed by atoms with E-state index in [1.54, 1.807) is 0 Å². The fraction of sp³-hybridized carbons (Fsp3) is 0.583. The minimum Gasteiger partial charge on any atom is -0.387 e. The number of nitrogens with one attached hydrogen (secondary N) is 1. The van der Waals surface area contributed by atoms with Crippen molar-refractivity contribution in [3.05, 3.63) is 18.5 Å². The van der Waals surface area contributed by atoms with Crippen molar-refractivity contribution in [1.29, 1.82) is 0 Å². The van der Waals surface area contributed by atoms with Crippen LogP contribution in [0.25, 0.3) is 0 Å². The van der Waals surface area contributed by atoms with Crippen LogP contribution in [0.4, 0.5) is 11.4 Å². The van der Waals surface area contributed by atoms with Gasteiger partial charge in [-0.1, -0.05) is 13.8 Å². The van der Waals surface area contributed by atoms with Crippen LogP contribution in [0.2, 0.25) is 0 Å². The molecule has 3 heteroatoms. The van der Waals surface area contributed by atoms with Crippen LogP contribution in [0.1, 0.15) is 20.8 Å². The normalized spacial score (nSPS) is 12.7. The Kier molecular flexibility index (Phi) is 3.95. The molecule has 0 aliphatic heterocycles. The van der Waals surface area contributed by atoms with E-state index in [2.05, 4.69) is 49.1 Å². The van der Waals surface area contributed by atoms with Crippen LogP contribution >= 0.6 is 0 Å². The van der Waals surface area contributed by atoms with Crippen LogP contribution in [-0.4, -0.2) is 25.1 Å². The summed E-state index contributed by atoms with van der Waals surface area (Å²) >= 11 is 0. The largest absolute Gasteiger partial charge is 0.387 e. The highest BCUT2D eigenvalue weighted by Gasteiger charge is 2.13. The molecule has 84 valence electrons. The van der Waals surface area contributed by atoms with Crippen LogP contribution in [-0.2, 0) is 0 Å². The standard InChI is InChI=1S/C12H21N3/c1-9(2)10(3)15(5)12-6-11(13-4)7-14-8-12/h6-10,13H,1-5H3. The Bertz CT molecular complexity index is 309. The maximum absolute atomic E-state index is 4.21. The Labute approximate surface area is 92.5 Å². The first-order valence-electron chi connectivity index (χ1n) is 5.42. The molecule has 0 fully saturated rings. The Morgan fingerprint density at radius 2 is 1.93 bits per heavy atom. The maximum Gasteiger partial charge on any atom is 0.0573 e. The Morgan fingerprint density at radius 3 is 2.47 bits per heavy atom. The first-order valence-corrected chi connectivity index (χ1v) is 5.42. The summed E-state index contributed by atoms with van der Waals surface area (Å²) in [5.74, 6) is 0.633. The second-order valence-electron chi connectivity index (χ2n) is 4.28. The van der Waals surface area contributed by atoms with E-state index in [1.165, 1.54) is 0 Å². The molecule has 0 spiro atoms. The third-order valence-corrected chi connectivity index (χ3v) is 3.00. The highest BCUT2D eigenvalue weighted by Crippen LogP contribution is 2.20. The molecule has 1 rings (SSSR count). The minimum atomic E-state index is 0.513. The highest BCUT2D eigenvalue weighted by atomic mass is 15.1. The summed E-state index contributed by atoms with van der Waals surface area (Å²) < 4.78 is 0. The number of pyridine rings is 1. The van der Waals surface area contributed by atoms with E-state index >= 15 is 0 Å². The number of anilines is 2. The average Bonchev–Trinajstić information content (AvgIpc) is 2.27. The van der Waals surface area contributed by atoms with Crippen molar-refractivity contribution in [3.8, 4) is 0 Å². The number of rotatable bonds is 4. The zero-order valence-electron chi connectivity index (χ0n) is 10.3. The first kappa shape index (κ1) is 11.8. The monoisotopic (exact) mass is 207 g/mol. The number of hydrogen-bond donors (Lipinski definition) is 1. The van der Waals surface area contributed by atoms with Crippen LogP contribution < -0.4 is 10.2 Å². The van der Waals surface area contributed by atoms with E-state index in [1.807, 2.05) is 19.4 Å². The van der Waals surface area contributed by atoms with Gasteiger partial charge in [-0.3, -0.25) is 4.98 Å². The molecule has 1 N–H and O–H groups in total. The third-order valence-electron chi connectivity index (χ3n) is 3.00. The van der Waals surface area contributed by atoms with Gasteiger partial charge in [-0.15, -0.1) is 0 Å². The van der Waals surface area contributed by atoms with Crippen molar-refractivity contribution in [2.24, 2.45) is 5.92 Å². The van der Waals surface area contributed by atoms with Crippen LogP contribution in [0.5, 0.6) is 0 Å². The summed E-state index contributed by atoms with van der Waals surface area (Å²) in [7, 11) is 4.02. The lowest BCUT2D eigenvalue weighted by molar-refractivity contribution is 0.505. The number of aromatic nitrogens is 1. The van der Waals surface area contributed by atoms with E-state index in [4.69, 9.17) is 0 Å². The molecule has 0 radical (unpaired) electrons. The molecule has 0 bridgehead atoms. The predicted molar refractivity (Wildman–Crippen MR) is 66.5 cm³/mol. The van der Waals surface area contributed by atoms with Gasteiger partial charge in [0.15, 0.2) is 0 Å². The maximum atomic E-state index is 4.21. The average molecular weight is 207 g/mol. The summed E-state index contributed by atoms with van der Waals surface area (Å²) in [6, 6.07) is 2.63. The molecule has 1 aromatic heterocycles. The van der Waals surface area contributed by atoms with Gasteiger partial charge in [-0.05, 0) is 18.9 Å². The molecule has 15 heavy (non-hydrogen) atoms. The Balaban J connectivity index is 2.85. The quantitative estimate of drug-likeness (QED) is 0.822. The van der Waals surface area contributed by atoms with Crippen molar-refractivity contribution < 1.29 is 0 Å². The topological polar surface area (TPSA) is 28.2 Å². The van der Waals surface area contributed by atoms with E-state index in [-0.39, 0.29) is 0 Å². The molecule has 3 nitrogen and oxygen atoms in total. The molecule has 0 aromatic carbocycles. The second kappa shape index (κ2) is 5.01. The van der Waals surface area contributed by atoms with Gasteiger partial charge in [0.25, 0.3) is 0 Å². The molecule has 0 saturated heterocycles. The van der Waals surface area contributed by atoms with Crippen molar-refractivity contribution in [1.82, 2.24) is 4.98 Å². The summed E-state index contributed by atoms with van der Waals surface area (Å²) in [6.45, 7) is 6.70. The van der Waals surface area contributed by atoms with Crippen molar-refractivity contribution in [2.45, 2.75) is 26.8 Å². The summed E-state index contributed by atoms with van der Waals surface area (Å²) in [6.07, 6.45) is 3.73. The van der Waals surface area contributed by atoms with Gasteiger partial charge in [0.2, 0.25) is 0 Å². The summed E-state index contributed by atoms with van der Waals surface area (Å²) in [5, 5.41) is 3.10. The second-order valence-corrected chi connectivity index (χ2v) is 4.28. The third kappa shape index (κ3) is 2.85. The van der Waals surface area contributed by atoms with E-state index in [0.717, 1.165) is 11.4 Å². The van der Waals surface area contributed by atoms with Gasteiger partial charge in [0.05, 0.1) is 23.8 Å². The smallest absolute Gasteiger partial charge is 0.0573 e. The van der Waals surface area contributed by atoms with E-state index in [9.17, 15) is 0 Å². The number of nitrogens with zero attached hydrogens (tertiary/aromatic N) is 2. The van der Waals surface area contributed by atoms with Gasteiger partial charge in [-0.25, -0.2) is 0 Å². The molecule has 1 aromatic rings. The Hall–Kier alpha value is -1.25. The highest BCUT2D eigenvalue weighted by molar-refractivity contribution is 5.55. The van der Waals surface area contributed by atoms with E-state index in [0.29, 0.717) is 12.0 Å². The molecule has 0 amide bonds. The van der Waals surface area contributed by atoms with Gasteiger partial charge in [0.1, 0.15) is 0 Å². The summed E-state index contributed by atoms with van der Waals surface area (Å²) in [4.78, 5) is 6.48. The lowest BCUT2D eigenvalue weighted by Crippen LogP contribution is -2.33. The predicted octanol–water partition coefficient (Wildman–Crippen LogP) is 2.60. The van der Waals surface area contributed by atoms with Gasteiger partial charge < -0.3 is 10.2 Å². The zero-order valence-corrected chi connectivity index (χ0v) is 10.3. The van der Waals surface area contributed by atoms with Gasteiger partial charge in [-0.2, -0.15) is 0 Å². The molecule has 0 saturated carbocycles. The zero-order chi connectivity index (χ0) is 11.4. The van der Waals surface area contributed by atoms with Crippen LogP contribution in [0.3, 0.4) is 0 Å². The molecule has 0 aliphatic carbocycles. The Morgan fingerprint density at radius 1 is 1.27 bits per heavy atom. The van der Waals surface area contributed by atoms with Crippen molar-refractivity contribution >= 4 is 11.4 Å². The lowest BCUT2D eigenvalue weighted by Gasteiger charge is -2.29. The van der Waals surface area contributed by atoms with Crippen molar-refractivity contribution in [2.75, 3.05) is 24.3 Å². The fourth-order valence-corrected chi connectivity index (χ4v) is 1.44. The lowest BCUT2D eigenvalue weighted by atomic mass is 10.0. The van der Waals surface area contributed by atoms with Gasteiger partial charge in [0, 0.05) is 20.1 Å². The van der Waals surface area contributed by atoms with Crippen molar-refractivity contribution in [3.63, 3.8) is 0 Å². The fourth-order valence-electron chi connectivity index (χ4n) is 1.44. The molecule has 1 unspecified atom stereocenters. The first-order chi connectivity index (χ1) is 7.06. The SMILES string of the molecule is CNc1cncc(N(C)C(C)C(C)C)c1. The van der Waals surface area contributed by atoms with Gasteiger partial charge >= 0.3 is 0 Å². The van der Waals surface area contributed by atoms with Crippen LogP contribution in [0.15, 0.2) is 18.5 Å². The van der Waals surface area contributed by atoms with Crippen LogP contribution in [0, 0.1) is 5.92 Å². The molecular weight excluding hydrogens is 186 g/mol.